The smallest absolute Gasteiger partial charge is 0.226 e. The van der Waals surface area contributed by atoms with Crippen LogP contribution in [0.5, 0.6) is 0 Å². The molecular weight excluding hydrogens is 314 g/mol. The van der Waals surface area contributed by atoms with Crippen LogP contribution in [0.2, 0.25) is 0 Å². The maximum absolute atomic E-state index is 13.0. The molecule has 0 N–H and O–H groups in total. The SMILES string of the molecule is O=C(C1C2CC3CC(C2)CC1C3)N1CCC(CBr)CC1. The summed E-state index contributed by atoms with van der Waals surface area (Å²) in [5.74, 6) is 5.16. The number of amides is 1. The van der Waals surface area contributed by atoms with Crippen molar-refractivity contribution in [2.45, 2.75) is 44.9 Å². The first-order chi connectivity index (χ1) is 9.74. The van der Waals surface area contributed by atoms with Gasteiger partial charge in [-0.3, -0.25) is 4.79 Å². The largest absolute Gasteiger partial charge is 0.342 e. The number of halogens is 1. The lowest BCUT2D eigenvalue weighted by Crippen LogP contribution is -2.53. The van der Waals surface area contributed by atoms with E-state index in [2.05, 4.69) is 20.8 Å². The number of carbonyl (C=O) groups is 1. The van der Waals surface area contributed by atoms with Gasteiger partial charge in [0.1, 0.15) is 0 Å². The molecule has 0 atom stereocenters. The zero-order chi connectivity index (χ0) is 13.7. The molecule has 0 aromatic heterocycles. The second-order valence-corrected chi connectivity index (χ2v) is 8.53. The van der Waals surface area contributed by atoms with Crippen LogP contribution in [0.25, 0.3) is 0 Å². The van der Waals surface area contributed by atoms with E-state index in [4.69, 9.17) is 0 Å². The first-order valence-corrected chi connectivity index (χ1v) is 9.71. The van der Waals surface area contributed by atoms with E-state index < -0.39 is 0 Å². The molecule has 4 bridgehead atoms. The number of rotatable bonds is 2. The standard InChI is InChI=1S/C17H26BrNO/c18-10-11-1-3-19(4-2-11)17(20)16-14-6-12-5-13(8-14)9-15(16)7-12/h11-16H,1-10H2. The summed E-state index contributed by atoms with van der Waals surface area (Å²) in [6.07, 6.45) is 9.32. The molecule has 0 unspecified atom stereocenters. The first-order valence-electron chi connectivity index (χ1n) is 8.59. The average Bonchev–Trinajstić information content (AvgIpc) is 2.46. The predicted octanol–water partition coefficient (Wildman–Crippen LogP) is 3.69. The normalized spacial score (nSPS) is 44.0. The molecule has 1 saturated heterocycles. The Morgan fingerprint density at radius 3 is 2.00 bits per heavy atom. The Morgan fingerprint density at radius 1 is 0.950 bits per heavy atom. The number of hydrogen-bond donors (Lipinski definition) is 0. The maximum atomic E-state index is 13.0. The molecule has 0 aromatic carbocycles. The van der Waals surface area contributed by atoms with Crippen LogP contribution in [-0.4, -0.2) is 29.2 Å². The molecule has 5 aliphatic rings. The summed E-state index contributed by atoms with van der Waals surface area (Å²) in [6, 6.07) is 0. The second kappa shape index (κ2) is 5.30. The summed E-state index contributed by atoms with van der Waals surface area (Å²) in [4.78, 5) is 15.2. The van der Waals surface area contributed by atoms with Crippen LogP contribution in [0.3, 0.4) is 0 Å². The summed E-state index contributed by atoms with van der Waals surface area (Å²) in [5, 5.41) is 1.10. The monoisotopic (exact) mass is 339 g/mol. The highest BCUT2D eigenvalue weighted by Crippen LogP contribution is 2.56. The third kappa shape index (κ3) is 2.24. The van der Waals surface area contributed by atoms with E-state index in [-0.39, 0.29) is 0 Å². The summed E-state index contributed by atoms with van der Waals surface area (Å²) in [6.45, 7) is 2.02. The molecule has 2 nitrogen and oxygen atoms in total. The van der Waals surface area contributed by atoms with Crippen LogP contribution in [0, 0.1) is 35.5 Å². The predicted molar refractivity (Wildman–Crippen MR) is 83.6 cm³/mol. The zero-order valence-corrected chi connectivity index (χ0v) is 13.9. The molecule has 5 rings (SSSR count). The quantitative estimate of drug-likeness (QED) is 0.702. The van der Waals surface area contributed by atoms with Crippen LogP contribution in [0.1, 0.15) is 44.9 Å². The third-order valence-corrected chi connectivity index (χ3v) is 7.57. The van der Waals surface area contributed by atoms with Crippen molar-refractivity contribution in [2.75, 3.05) is 18.4 Å². The van der Waals surface area contributed by atoms with Gasteiger partial charge < -0.3 is 4.90 Å². The Balaban J connectivity index is 1.44. The van der Waals surface area contributed by atoms with Gasteiger partial charge in [0.15, 0.2) is 0 Å². The van der Waals surface area contributed by atoms with Gasteiger partial charge >= 0.3 is 0 Å². The molecule has 112 valence electrons. The molecule has 4 aliphatic carbocycles. The number of piperidine rings is 1. The lowest BCUT2D eigenvalue weighted by molar-refractivity contribution is -0.150. The first kappa shape index (κ1) is 13.6. The summed E-state index contributed by atoms with van der Waals surface area (Å²) >= 11 is 3.59. The molecule has 1 amide bonds. The highest BCUT2D eigenvalue weighted by molar-refractivity contribution is 9.09. The van der Waals surface area contributed by atoms with Crippen LogP contribution in [0.15, 0.2) is 0 Å². The number of nitrogens with zero attached hydrogens (tertiary/aromatic N) is 1. The van der Waals surface area contributed by atoms with Crippen molar-refractivity contribution in [1.29, 1.82) is 0 Å². The second-order valence-electron chi connectivity index (χ2n) is 7.88. The topological polar surface area (TPSA) is 20.3 Å². The fourth-order valence-corrected chi connectivity index (χ4v) is 6.49. The van der Waals surface area contributed by atoms with Gasteiger partial charge in [0.05, 0.1) is 0 Å². The van der Waals surface area contributed by atoms with Crippen molar-refractivity contribution >= 4 is 21.8 Å². The van der Waals surface area contributed by atoms with Gasteiger partial charge in [-0.1, -0.05) is 15.9 Å². The Hall–Kier alpha value is -0.0500. The number of likely N-dealkylation sites (tertiary alicyclic amines) is 1. The highest BCUT2D eigenvalue weighted by atomic mass is 79.9. The number of alkyl halides is 1. The van der Waals surface area contributed by atoms with E-state index in [1.807, 2.05) is 0 Å². The minimum absolute atomic E-state index is 0.406. The van der Waals surface area contributed by atoms with Gasteiger partial charge in [0.25, 0.3) is 0 Å². The molecule has 3 heteroatoms. The van der Waals surface area contributed by atoms with Crippen molar-refractivity contribution in [2.24, 2.45) is 35.5 Å². The number of carbonyl (C=O) groups excluding carboxylic acids is 1. The molecule has 4 saturated carbocycles. The van der Waals surface area contributed by atoms with E-state index in [1.165, 1.54) is 44.9 Å². The fraction of sp³-hybridized carbons (Fsp3) is 0.941. The number of hydrogen-bond acceptors (Lipinski definition) is 1. The summed E-state index contributed by atoms with van der Waals surface area (Å²) in [7, 11) is 0. The van der Waals surface area contributed by atoms with Crippen LogP contribution in [0.4, 0.5) is 0 Å². The van der Waals surface area contributed by atoms with Crippen molar-refractivity contribution in [3.63, 3.8) is 0 Å². The Bertz CT molecular complexity index is 360. The fourth-order valence-electron chi connectivity index (χ4n) is 5.85. The molecule has 1 aliphatic heterocycles. The summed E-state index contributed by atoms with van der Waals surface area (Å²) < 4.78 is 0. The Morgan fingerprint density at radius 2 is 1.50 bits per heavy atom. The van der Waals surface area contributed by atoms with Crippen molar-refractivity contribution in [3.8, 4) is 0 Å². The highest BCUT2D eigenvalue weighted by Gasteiger charge is 2.51. The van der Waals surface area contributed by atoms with Crippen LogP contribution in [-0.2, 0) is 4.79 Å². The van der Waals surface area contributed by atoms with Gasteiger partial charge in [0, 0.05) is 24.3 Å². The molecule has 20 heavy (non-hydrogen) atoms. The van der Waals surface area contributed by atoms with E-state index in [0.29, 0.717) is 11.8 Å². The van der Waals surface area contributed by atoms with Crippen LogP contribution >= 0.6 is 15.9 Å². The lowest BCUT2D eigenvalue weighted by Gasteiger charge is -2.54. The van der Waals surface area contributed by atoms with Gasteiger partial charge in [-0.2, -0.15) is 0 Å². The lowest BCUT2D eigenvalue weighted by atomic mass is 9.51. The zero-order valence-electron chi connectivity index (χ0n) is 12.3. The van der Waals surface area contributed by atoms with E-state index in [9.17, 15) is 4.79 Å². The molecule has 0 radical (unpaired) electrons. The minimum atomic E-state index is 0.406. The van der Waals surface area contributed by atoms with Crippen LogP contribution < -0.4 is 0 Å². The van der Waals surface area contributed by atoms with Gasteiger partial charge in [-0.05, 0) is 74.5 Å². The molecular formula is C17H26BrNO. The van der Waals surface area contributed by atoms with Crippen molar-refractivity contribution < 1.29 is 4.79 Å². The van der Waals surface area contributed by atoms with E-state index in [0.717, 1.165) is 48.0 Å². The van der Waals surface area contributed by atoms with Crippen molar-refractivity contribution in [1.82, 2.24) is 4.90 Å². The van der Waals surface area contributed by atoms with Gasteiger partial charge in [-0.25, -0.2) is 0 Å². The van der Waals surface area contributed by atoms with E-state index >= 15 is 0 Å². The van der Waals surface area contributed by atoms with Gasteiger partial charge in [-0.15, -0.1) is 0 Å². The van der Waals surface area contributed by atoms with Crippen molar-refractivity contribution in [3.05, 3.63) is 0 Å². The molecule has 5 fully saturated rings. The molecule has 0 spiro atoms. The molecule has 0 aromatic rings. The summed E-state index contributed by atoms with van der Waals surface area (Å²) in [5.41, 5.74) is 0. The third-order valence-electron chi connectivity index (χ3n) is 6.66. The Labute approximate surface area is 130 Å². The maximum Gasteiger partial charge on any atom is 0.226 e. The minimum Gasteiger partial charge on any atom is -0.342 e. The average molecular weight is 340 g/mol. The molecule has 1 heterocycles. The van der Waals surface area contributed by atoms with Gasteiger partial charge in [0.2, 0.25) is 5.91 Å². The Kier molecular flexibility index (Phi) is 3.60. The van der Waals surface area contributed by atoms with E-state index in [1.54, 1.807) is 0 Å².